The Kier molecular flexibility index (Phi) is 7.67. The summed E-state index contributed by atoms with van der Waals surface area (Å²) in [5.41, 5.74) is 12.6. The Morgan fingerprint density at radius 2 is 2.00 bits per heavy atom. The average Bonchev–Trinajstić information content (AvgIpc) is 3.39. The number of nitrogens with one attached hydrogen (secondary N) is 2. The molecule has 1 amide bonds. The second-order valence-electron chi connectivity index (χ2n) is 9.03. The lowest BCUT2D eigenvalue weighted by Gasteiger charge is -2.26. The monoisotopic (exact) mass is 514 g/mol. The molecule has 1 fully saturated rings. The van der Waals surface area contributed by atoms with Crippen molar-refractivity contribution >= 4 is 67.5 Å². The number of carbonyl (C=O) groups excluding carboxylic acids is 1. The third kappa shape index (κ3) is 5.92. The SMILES string of the molecule is CN=C/C=C(\N)c1cc2ncnc(Nc3ccc4ncsc4c3)c2cc1NC(=O)CCN1CCCCC1. The predicted molar refractivity (Wildman–Crippen MR) is 153 cm³/mol. The largest absolute Gasteiger partial charge is 0.398 e. The van der Waals surface area contributed by atoms with Crippen molar-refractivity contribution in [2.45, 2.75) is 25.7 Å². The van der Waals surface area contributed by atoms with Gasteiger partial charge in [-0.05, 0) is 62.3 Å². The number of nitrogens with zero attached hydrogens (tertiary/aromatic N) is 5. The zero-order valence-corrected chi connectivity index (χ0v) is 21.6. The summed E-state index contributed by atoms with van der Waals surface area (Å²) in [6, 6.07) is 9.76. The summed E-state index contributed by atoms with van der Waals surface area (Å²) in [7, 11) is 1.68. The van der Waals surface area contributed by atoms with Crippen molar-refractivity contribution in [2.24, 2.45) is 10.7 Å². The van der Waals surface area contributed by atoms with Crippen molar-refractivity contribution in [3.05, 3.63) is 53.8 Å². The van der Waals surface area contributed by atoms with Gasteiger partial charge in [-0.25, -0.2) is 15.0 Å². The molecule has 37 heavy (non-hydrogen) atoms. The van der Waals surface area contributed by atoms with Crippen LogP contribution >= 0.6 is 11.3 Å². The number of piperidine rings is 1. The van der Waals surface area contributed by atoms with Crippen LogP contribution < -0.4 is 16.4 Å². The number of amides is 1. The Balaban J connectivity index is 1.46. The molecule has 1 saturated heterocycles. The summed E-state index contributed by atoms with van der Waals surface area (Å²) in [4.78, 5) is 32.6. The van der Waals surface area contributed by atoms with Crippen LogP contribution in [0.15, 0.2) is 53.2 Å². The molecule has 0 bridgehead atoms. The number of rotatable bonds is 8. The number of hydrogen-bond donors (Lipinski definition) is 3. The molecule has 0 unspecified atom stereocenters. The number of carbonyl (C=O) groups is 1. The fourth-order valence-electron chi connectivity index (χ4n) is 4.51. The Morgan fingerprint density at radius 1 is 1.14 bits per heavy atom. The molecule has 2 aromatic heterocycles. The van der Waals surface area contributed by atoms with Crippen molar-refractivity contribution in [2.75, 3.05) is 37.3 Å². The van der Waals surface area contributed by atoms with Gasteiger partial charge in [0.2, 0.25) is 5.91 Å². The highest BCUT2D eigenvalue weighted by Gasteiger charge is 2.16. The van der Waals surface area contributed by atoms with Crippen molar-refractivity contribution in [1.82, 2.24) is 19.9 Å². The number of fused-ring (bicyclic) bond motifs is 2. The summed E-state index contributed by atoms with van der Waals surface area (Å²) in [5, 5.41) is 7.27. The van der Waals surface area contributed by atoms with Gasteiger partial charge in [0.05, 0.1) is 26.9 Å². The first-order valence-electron chi connectivity index (χ1n) is 12.4. The molecule has 5 rings (SSSR count). The third-order valence-corrected chi connectivity index (χ3v) is 7.25. The molecule has 0 aliphatic carbocycles. The number of thiazole rings is 1. The number of likely N-dealkylation sites (tertiary alicyclic amines) is 1. The van der Waals surface area contributed by atoms with E-state index in [-0.39, 0.29) is 5.91 Å². The maximum absolute atomic E-state index is 13.0. The summed E-state index contributed by atoms with van der Waals surface area (Å²) < 4.78 is 1.09. The Labute approximate surface area is 219 Å². The van der Waals surface area contributed by atoms with Gasteiger partial charge in [0, 0.05) is 48.6 Å². The number of anilines is 3. The highest BCUT2D eigenvalue weighted by atomic mass is 32.1. The third-order valence-electron chi connectivity index (χ3n) is 6.46. The normalized spacial score (nSPS) is 15.0. The molecular weight excluding hydrogens is 484 g/mol. The van der Waals surface area contributed by atoms with Crippen LogP contribution in [0.1, 0.15) is 31.2 Å². The number of aliphatic imine (C=N–C) groups is 1. The van der Waals surface area contributed by atoms with E-state index in [4.69, 9.17) is 5.73 Å². The van der Waals surface area contributed by atoms with E-state index in [2.05, 4.69) is 35.5 Å². The zero-order valence-electron chi connectivity index (χ0n) is 20.8. The van der Waals surface area contributed by atoms with E-state index in [1.807, 2.05) is 35.8 Å². The number of benzene rings is 2. The molecule has 3 heterocycles. The Bertz CT molecular complexity index is 1470. The molecule has 1 aliphatic rings. The molecule has 10 heteroatoms. The van der Waals surface area contributed by atoms with Gasteiger partial charge in [-0.2, -0.15) is 0 Å². The van der Waals surface area contributed by atoms with Crippen molar-refractivity contribution in [3.63, 3.8) is 0 Å². The van der Waals surface area contributed by atoms with Crippen molar-refractivity contribution in [3.8, 4) is 0 Å². The van der Waals surface area contributed by atoms with Crippen LogP contribution in [0.25, 0.3) is 26.8 Å². The van der Waals surface area contributed by atoms with Crippen LogP contribution in [0.4, 0.5) is 17.2 Å². The lowest BCUT2D eigenvalue weighted by molar-refractivity contribution is -0.116. The molecule has 4 aromatic rings. The van der Waals surface area contributed by atoms with Gasteiger partial charge in [-0.3, -0.25) is 9.79 Å². The van der Waals surface area contributed by atoms with Crippen LogP contribution in [0.3, 0.4) is 0 Å². The molecular formula is C27H30N8OS. The number of nitrogens with two attached hydrogens (primary N) is 1. The lowest BCUT2D eigenvalue weighted by Crippen LogP contribution is -2.32. The topological polar surface area (TPSA) is 121 Å². The van der Waals surface area contributed by atoms with Crippen molar-refractivity contribution in [1.29, 1.82) is 0 Å². The summed E-state index contributed by atoms with van der Waals surface area (Å²) in [5.74, 6) is 0.590. The van der Waals surface area contributed by atoms with Gasteiger partial charge < -0.3 is 21.3 Å². The van der Waals surface area contributed by atoms with E-state index in [1.54, 1.807) is 30.7 Å². The van der Waals surface area contributed by atoms with Crippen LogP contribution in [-0.4, -0.2) is 58.7 Å². The second-order valence-corrected chi connectivity index (χ2v) is 9.91. The first kappa shape index (κ1) is 24.8. The molecule has 2 aromatic carbocycles. The fraction of sp³-hybridized carbons (Fsp3) is 0.296. The molecule has 4 N–H and O–H groups in total. The summed E-state index contributed by atoms with van der Waals surface area (Å²) >= 11 is 1.59. The number of allylic oxidation sites excluding steroid dienone is 1. The Morgan fingerprint density at radius 3 is 2.84 bits per heavy atom. The van der Waals surface area contributed by atoms with E-state index < -0.39 is 0 Å². The Hall–Kier alpha value is -3.89. The van der Waals surface area contributed by atoms with E-state index in [9.17, 15) is 4.79 Å². The maximum Gasteiger partial charge on any atom is 0.225 e. The smallest absolute Gasteiger partial charge is 0.225 e. The molecule has 0 spiro atoms. The minimum Gasteiger partial charge on any atom is -0.398 e. The van der Waals surface area contributed by atoms with Gasteiger partial charge in [-0.1, -0.05) is 6.42 Å². The highest BCUT2D eigenvalue weighted by molar-refractivity contribution is 7.16. The quantitative estimate of drug-likeness (QED) is 0.289. The second kappa shape index (κ2) is 11.4. The first-order valence-corrected chi connectivity index (χ1v) is 13.3. The fourth-order valence-corrected chi connectivity index (χ4v) is 5.23. The highest BCUT2D eigenvalue weighted by Crippen LogP contribution is 2.32. The molecule has 1 aliphatic heterocycles. The van der Waals surface area contributed by atoms with Crippen LogP contribution in [-0.2, 0) is 4.79 Å². The average molecular weight is 515 g/mol. The van der Waals surface area contributed by atoms with Gasteiger partial charge in [0.1, 0.15) is 12.1 Å². The molecule has 9 nitrogen and oxygen atoms in total. The van der Waals surface area contributed by atoms with E-state index in [0.717, 1.165) is 40.9 Å². The zero-order chi connectivity index (χ0) is 25.6. The number of aromatic nitrogens is 3. The van der Waals surface area contributed by atoms with Crippen LogP contribution in [0.2, 0.25) is 0 Å². The minimum atomic E-state index is -0.0508. The van der Waals surface area contributed by atoms with Crippen molar-refractivity contribution < 1.29 is 4.79 Å². The van der Waals surface area contributed by atoms with Gasteiger partial charge in [0.15, 0.2) is 0 Å². The van der Waals surface area contributed by atoms with E-state index in [0.29, 0.717) is 34.7 Å². The minimum absolute atomic E-state index is 0.0508. The van der Waals surface area contributed by atoms with Gasteiger partial charge in [0.25, 0.3) is 0 Å². The molecule has 190 valence electrons. The van der Waals surface area contributed by atoms with Gasteiger partial charge in [-0.15, -0.1) is 11.3 Å². The standard InChI is InChI=1S/C27H30N8OS/c1-29-9-7-21(28)19-14-23-20(15-24(19)34-26(36)8-12-35-10-3-2-4-11-35)27(31-16-30-23)33-18-5-6-22-25(13-18)37-17-32-22/h5-7,9,13-17H,2-4,8,10-12,28H2,1H3,(H,34,36)(H,30,31,33)/b21-7-,29-9?. The summed E-state index contributed by atoms with van der Waals surface area (Å²) in [6.07, 6.45) is 8.95. The van der Waals surface area contributed by atoms with E-state index in [1.165, 1.54) is 25.6 Å². The molecule has 0 atom stereocenters. The lowest BCUT2D eigenvalue weighted by atomic mass is 10.1. The first-order chi connectivity index (χ1) is 18.1. The summed E-state index contributed by atoms with van der Waals surface area (Å²) in [6.45, 7) is 2.86. The van der Waals surface area contributed by atoms with E-state index >= 15 is 0 Å². The number of hydrogen-bond acceptors (Lipinski definition) is 9. The molecule has 0 radical (unpaired) electrons. The maximum atomic E-state index is 13.0. The van der Waals surface area contributed by atoms with Crippen LogP contribution in [0.5, 0.6) is 0 Å². The van der Waals surface area contributed by atoms with Crippen LogP contribution in [0, 0.1) is 0 Å². The molecule has 0 saturated carbocycles. The van der Waals surface area contributed by atoms with Gasteiger partial charge >= 0.3 is 0 Å². The predicted octanol–water partition coefficient (Wildman–Crippen LogP) is 4.80.